The van der Waals surface area contributed by atoms with Crippen LogP contribution >= 0.6 is 11.6 Å². The van der Waals surface area contributed by atoms with Gasteiger partial charge in [-0.05, 0) is 47.5 Å². The van der Waals surface area contributed by atoms with E-state index in [2.05, 4.69) is 0 Å². The van der Waals surface area contributed by atoms with E-state index in [0.29, 0.717) is 29.3 Å². The molecule has 0 aliphatic heterocycles. The lowest BCUT2D eigenvalue weighted by Crippen LogP contribution is -2.12. The van der Waals surface area contributed by atoms with Crippen molar-refractivity contribution in [2.45, 2.75) is 25.6 Å². The van der Waals surface area contributed by atoms with Gasteiger partial charge in [-0.1, -0.05) is 11.6 Å². The molecule has 0 fully saturated rings. The van der Waals surface area contributed by atoms with Crippen LogP contribution in [0.4, 0.5) is 26.3 Å². The molecule has 0 unspecified atom stereocenters. The van der Waals surface area contributed by atoms with Crippen LogP contribution in [0.15, 0.2) is 36.4 Å². The highest BCUT2D eigenvalue weighted by Gasteiger charge is 2.37. The first-order valence-corrected chi connectivity index (χ1v) is 7.19. The van der Waals surface area contributed by atoms with E-state index in [4.69, 9.17) is 21.4 Å². The molecule has 2 aromatic rings. The van der Waals surface area contributed by atoms with Gasteiger partial charge in [-0.15, -0.1) is 0 Å². The van der Waals surface area contributed by atoms with Crippen molar-refractivity contribution in [2.75, 3.05) is 0 Å². The topological polar surface area (TPSA) is 29.5 Å². The molecule has 2 aromatic carbocycles. The fourth-order valence-electron chi connectivity index (χ4n) is 2.11. The number of hydrogen-bond donors (Lipinski definition) is 1. The number of halogens is 7. The first-order valence-electron chi connectivity index (χ1n) is 6.81. The van der Waals surface area contributed by atoms with E-state index in [-0.39, 0.29) is 11.6 Å². The number of benzene rings is 2. The number of aliphatic hydroxyl groups excluding tert-OH is 1. The van der Waals surface area contributed by atoms with Gasteiger partial charge in [0.1, 0.15) is 12.4 Å². The standard InChI is InChI=1S/C16H11ClF6O2/c17-12-4-9(7-24)3-10(5-12)8-25-14-6-11(15(18,19)20)1-2-13(14)16(21,22)23/h1-6,24H,7-8H2. The molecule has 0 amide bonds. The Morgan fingerprint density at radius 2 is 1.52 bits per heavy atom. The molecule has 0 bridgehead atoms. The number of alkyl halides is 6. The van der Waals surface area contributed by atoms with Crippen LogP contribution < -0.4 is 4.74 Å². The molecule has 2 nitrogen and oxygen atoms in total. The molecule has 2 rings (SSSR count). The van der Waals surface area contributed by atoms with Crippen molar-refractivity contribution in [3.05, 3.63) is 63.7 Å². The van der Waals surface area contributed by atoms with Crippen LogP contribution in [0.2, 0.25) is 5.02 Å². The van der Waals surface area contributed by atoms with Crippen molar-refractivity contribution in [3.63, 3.8) is 0 Å². The van der Waals surface area contributed by atoms with Crippen LogP contribution in [0.1, 0.15) is 22.3 Å². The largest absolute Gasteiger partial charge is 0.488 e. The summed E-state index contributed by atoms with van der Waals surface area (Å²) in [6.07, 6.45) is -9.67. The monoisotopic (exact) mass is 384 g/mol. The maximum absolute atomic E-state index is 13.0. The molecule has 0 aliphatic carbocycles. The fraction of sp³-hybridized carbons (Fsp3) is 0.250. The Bertz CT molecular complexity index is 755. The number of hydrogen-bond acceptors (Lipinski definition) is 2. The Morgan fingerprint density at radius 1 is 0.880 bits per heavy atom. The Labute approximate surface area is 143 Å². The predicted molar refractivity (Wildman–Crippen MR) is 78.2 cm³/mol. The minimum Gasteiger partial charge on any atom is -0.488 e. The Morgan fingerprint density at radius 3 is 2.08 bits per heavy atom. The maximum Gasteiger partial charge on any atom is 0.419 e. The van der Waals surface area contributed by atoms with E-state index < -0.39 is 35.8 Å². The summed E-state index contributed by atoms with van der Waals surface area (Å²) in [6, 6.07) is 5.22. The number of rotatable bonds is 4. The summed E-state index contributed by atoms with van der Waals surface area (Å²) < 4.78 is 82.1. The molecular formula is C16H11ClF6O2. The summed E-state index contributed by atoms with van der Waals surface area (Å²) in [5.41, 5.74) is -1.86. The molecule has 0 spiro atoms. The number of ether oxygens (including phenoxy) is 1. The molecule has 1 N–H and O–H groups in total. The third-order valence-electron chi connectivity index (χ3n) is 3.21. The van der Waals surface area contributed by atoms with Crippen molar-refractivity contribution in [3.8, 4) is 5.75 Å². The molecule has 0 heterocycles. The van der Waals surface area contributed by atoms with E-state index >= 15 is 0 Å². The summed E-state index contributed by atoms with van der Waals surface area (Å²) in [4.78, 5) is 0. The second kappa shape index (κ2) is 7.13. The molecule has 0 saturated carbocycles. The molecule has 25 heavy (non-hydrogen) atoms. The van der Waals surface area contributed by atoms with Crippen molar-refractivity contribution in [1.29, 1.82) is 0 Å². The average molecular weight is 385 g/mol. The number of aliphatic hydroxyl groups is 1. The van der Waals surface area contributed by atoms with Crippen LogP contribution in [-0.2, 0) is 25.6 Å². The van der Waals surface area contributed by atoms with E-state index in [1.54, 1.807) is 0 Å². The van der Waals surface area contributed by atoms with Gasteiger partial charge in [0.2, 0.25) is 0 Å². The van der Waals surface area contributed by atoms with Crippen molar-refractivity contribution in [2.24, 2.45) is 0 Å². The average Bonchev–Trinajstić information content (AvgIpc) is 2.50. The molecule has 0 saturated heterocycles. The first-order chi connectivity index (χ1) is 11.5. The highest BCUT2D eigenvalue weighted by atomic mass is 35.5. The first kappa shape index (κ1) is 19.4. The zero-order valence-corrected chi connectivity index (χ0v) is 13.1. The van der Waals surface area contributed by atoms with Gasteiger partial charge in [0.15, 0.2) is 0 Å². The quantitative estimate of drug-likeness (QED) is 0.710. The maximum atomic E-state index is 13.0. The minimum absolute atomic E-state index is 0.213. The normalized spacial score (nSPS) is 12.3. The third kappa shape index (κ3) is 5.02. The van der Waals surface area contributed by atoms with Gasteiger partial charge in [0, 0.05) is 5.02 Å². The van der Waals surface area contributed by atoms with Crippen molar-refractivity contribution >= 4 is 11.6 Å². The highest BCUT2D eigenvalue weighted by molar-refractivity contribution is 6.30. The third-order valence-corrected chi connectivity index (χ3v) is 3.43. The summed E-state index contributed by atoms with van der Waals surface area (Å²) >= 11 is 5.80. The van der Waals surface area contributed by atoms with Crippen LogP contribution in [0.5, 0.6) is 5.75 Å². The summed E-state index contributed by atoms with van der Waals surface area (Å²) in [7, 11) is 0. The van der Waals surface area contributed by atoms with Crippen molar-refractivity contribution < 1.29 is 36.2 Å². The van der Waals surface area contributed by atoms with Gasteiger partial charge in [-0.2, -0.15) is 26.3 Å². The van der Waals surface area contributed by atoms with Crippen LogP contribution in [-0.4, -0.2) is 5.11 Å². The van der Waals surface area contributed by atoms with E-state index in [1.807, 2.05) is 0 Å². The Hall–Kier alpha value is -1.93. The predicted octanol–water partition coefficient (Wildman–Crippen LogP) is 5.45. The Balaban J connectivity index is 2.35. The van der Waals surface area contributed by atoms with Crippen LogP contribution in [0, 0.1) is 0 Å². The minimum atomic E-state index is -4.87. The molecule has 0 aromatic heterocycles. The molecule has 9 heteroatoms. The van der Waals surface area contributed by atoms with Gasteiger partial charge < -0.3 is 9.84 Å². The highest BCUT2D eigenvalue weighted by Crippen LogP contribution is 2.40. The van der Waals surface area contributed by atoms with Crippen molar-refractivity contribution in [1.82, 2.24) is 0 Å². The molecule has 0 radical (unpaired) electrons. The molecule has 136 valence electrons. The second-order valence-corrected chi connectivity index (χ2v) is 5.56. The fourth-order valence-corrected chi connectivity index (χ4v) is 2.39. The zero-order chi connectivity index (χ0) is 18.8. The Kier molecular flexibility index (Phi) is 5.53. The van der Waals surface area contributed by atoms with Gasteiger partial charge in [-0.25, -0.2) is 0 Å². The summed E-state index contributed by atoms with van der Waals surface area (Å²) in [5, 5.41) is 9.29. The smallest absolute Gasteiger partial charge is 0.419 e. The van der Waals surface area contributed by atoms with Crippen LogP contribution in [0.25, 0.3) is 0 Å². The van der Waals surface area contributed by atoms with Gasteiger partial charge >= 0.3 is 12.4 Å². The van der Waals surface area contributed by atoms with Gasteiger partial charge in [0.25, 0.3) is 0 Å². The van der Waals surface area contributed by atoms with E-state index in [9.17, 15) is 26.3 Å². The lowest BCUT2D eigenvalue weighted by molar-refractivity contribution is -0.142. The summed E-state index contributed by atoms with van der Waals surface area (Å²) in [6.45, 7) is -0.803. The lowest BCUT2D eigenvalue weighted by atomic mass is 10.1. The lowest BCUT2D eigenvalue weighted by Gasteiger charge is -2.16. The molecular weight excluding hydrogens is 374 g/mol. The second-order valence-electron chi connectivity index (χ2n) is 5.12. The zero-order valence-electron chi connectivity index (χ0n) is 12.4. The molecule has 0 atom stereocenters. The van der Waals surface area contributed by atoms with E-state index in [0.717, 1.165) is 0 Å². The van der Waals surface area contributed by atoms with E-state index in [1.165, 1.54) is 18.2 Å². The van der Waals surface area contributed by atoms with Gasteiger partial charge in [0.05, 0.1) is 17.7 Å². The van der Waals surface area contributed by atoms with Gasteiger partial charge in [-0.3, -0.25) is 0 Å². The van der Waals surface area contributed by atoms with Crippen LogP contribution in [0.3, 0.4) is 0 Å². The molecule has 0 aliphatic rings. The summed E-state index contributed by atoms with van der Waals surface area (Å²) in [5.74, 6) is -0.937. The SMILES string of the molecule is OCc1cc(Cl)cc(COc2cc(C(F)(F)F)ccc2C(F)(F)F)c1.